The van der Waals surface area contributed by atoms with E-state index in [4.69, 9.17) is 39.9 Å². The molecule has 2 aromatic carbocycles. The number of aryl methyl sites for hydroxylation is 2. The first kappa shape index (κ1) is 31.6. The molecule has 0 fully saturated rings. The molecule has 4 aromatic rings. The number of rotatable bonds is 3. The second-order valence-electron chi connectivity index (χ2n) is 8.98. The molecule has 7 nitrogen and oxygen atoms in total. The number of unbranched alkanes of at least 4 members (excludes halogenated alkanes) is 1. The number of hydrogen-bond acceptors (Lipinski definition) is 7. The molecule has 2 aliphatic heterocycles. The minimum atomic E-state index is 0.178. The van der Waals surface area contributed by atoms with Gasteiger partial charge in [-0.15, -0.1) is 0 Å². The normalized spacial score (nSPS) is 13.0. The lowest BCUT2D eigenvalue weighted by Crippen LogP contribution is -2.25. The summed E-state index contributed by atoms with van der Waals surface area (Å²) in [6, 6.07) is 20.4. The first-order chi connectivity index (χ1) is 19.5. The van der Waals surface area contributed by atoms with Crippen LogP contribution in [0, 0.1) is 0 Å². The van der Waals surface area contributed by atoms with Crippen LogP contribution in [-0.4, -0.2) is 44.7 Å². The third-order valence-electron chi connectivity index (χ3n) is 6.06. The van der Waals surface area contributed by atoms with E-state index < -0.39 is 0 Å². The molecule has 2 aromatic heterocycles. The van der Waals surface area contributed by atoms with E-state index in [0.717, 1.165) is 44.6 Å². The fourth-order valence-corrected chi connectivity index (χ4v) is 4.60. The number of nitrogens with zero attached hydrogens (tertiary/aromatic N) is 5. The summed E-state index contributed by atoms with van der Waals surface area (Å²) in [6.07, 6.45) is 10.0. The number of para-hydroxylation sites is 2. The summed E-state index contributed by atoms with van der Waals surface area (Å²) in [5.41, 5.74) is 5.39. The molecule has 0 aliphatic carbocycles. The van der Waals surface area contributed by atoms with Crippen molar-refractivity contribution in [2.24, 2.45) is 0 Å². The number of halogens is 3. The van der Waals surface area contributed by atoms with Crippen molar-refractivity contribution in [1.82, 2.24) is 19.9 Å². The van der Waals surface area contributed by atoms with Crippen LogP contribution in [0.25, 0.3) is 0 Å². The molecule has 0 amide bonds. The highest BCUT2D eigenvalue weighted by atomic mass is 35.5. The van der Waals surface area contributed by atoms with Gasteiger partial charge < -0.3 is 15.3 Å². The molecule has 4 heterocycles. The van der Waals surface area contributed by atoms with Gasteiger partial charge in [0.25, 0.3) is 0 Å². The molecule has 40 heavy (non-hydrogen) atoms. The van der Waals surface area contributed by atoms with Crippen LogP contribution in [0.3, 0.4) is 0 Å². The quantitative estimate of drug-likeness (QED) is 0.183. The minimum absolute atomic E-state index is 0.178. The highest BCUT2D eigenvalue weighted by Crippen LogP contribution is 2.32. The van der Waals surface area contributed by atoms with Crippen molar-refractivity contribution in [3.8, 4) is 0 Å². The summed E-state index contributed by atoms with van der Waals surface area (Å²) in [5, 5.41) is 12.3. The zero-order valence-electron chi connectivity index (χ0n) is 22.6. The molecule has 0 saturated carbocycles. The van der Waals surface area contributed by atoms with Crippen LogP contribution in [0.5, 0.6) is 0 Å². The van der Waals surface area contributed by atoms with Crippen LogP contribution in [0.1, 0.15) is 43.7 Å². The van der Waals surface area contributed by atoms with Crippen LogP contribution >= 0.6 is 34.8 Å². The van der Waals surface area contributed by atoms with E-state index in [9.17, 15) is 0 Å². The number of aliphatic hydroxyl groups excluding tert-OH is 1. The summed E-state index contributed by atoms with van der Waals surface area (Å²) in [6.45, 7) is 4.51. The second-order valence-corrected chi connectivity index (χ2v) is 10.0. The molecule has 2 aliphatic rings. The number of aliphatic hydroxyl groups is 1. The van der Waals surface area contributed by atoms with E-state index in [0.29, 0.717) is 17.0 Å². The van der Waals surface area contributed by atoms with Crippen LogP contribution < -0.4 is 10.2 Å². The van der Waals surface area contributed by atoms with E-state index in [1.54, 1.807) is 12.3 Å². The van der Waals surface area contributed by atoms with Gasteiger partial charge in [-0.3, -0.25) is 0 Å². The Hall–Kier alpha value is -2.97. The van der Waals surface area contributed by atoms with Crippen molar-refractivity contribution < 1.29 is 5.11 Å². The average Bonchev–Trinajstić information content (AvgIpc) is 2.98. The van der Waals surface area contributed by atoms with E-state index in [1.807, 2.05) is 6.07 Å². The van der Waals surface area contributed by atoms with E-state index in [2.05, 4.69) is 85.6 Å². The summed E-state index contributed by atoms with van der Waals surface area (Å²) < 4.78 is 0. The van der Waals surface area contributed by atoms with Gasteiger partial charge in [-0.25, -0.2) is 19.9 Å². The first-order valence-corrected chi connectivity index (χ1v) is 14.6. The van der Waals surface area contributed by atoms with Crippen LogP contribution in [-0.2, 0) is 12.8 Å². The average molecular weight is 602 g/mol. The van der Waals surface area contributed by atoms with Crippen molar-refractivity contribution >= 4 is 52.0 Å². The van der Waals surface area contributed by atoms with Gasteiger partial charge in [0.2, 0.25) is 10.6 Å². The van der Waals surface area contributed by atoms with Gasteiger partial charge >= 0.3 is 0 Å². The molecule has 212 valence electrons. The van der Waals surface area contributed by atoms with Crippen LogP contribution in [0.2, 0.25) is 15.7 Å². The van der Waals surface area contributed by atoms with E-state index in [1.165, 1.54) is 41.5 Å². The molecule has 0 spiro atoms. The van der Waals surface area contributed by atoms with E-state index >= 15 is 0 Å². The molecule has 0 bridgehead atoms. The molecule has 0 saturated heterocycles. The molecule has 0 radical (unpaired) electrons. The number of fused-ring (bicyclic) bond motifs is 2. The number of nitrogens with one attached hydrogen (secondary N) is 1. The number of anilines is 3. The van der Waals surface area contributed by atoms with E-state index in [-0.39, 0.29) is 5.28 Å². The molecule has 0 atom stereocenters. The minimum Gasteiger partial charge on any atom is -0.396 e. The maximum atomic E-state index is 8.07. The van der Waals surface area contributed by atoms with Gasteiger partial charge in [0.05, 0.1) is 0 Å². The largest absolute Gasteiger partial charge is 0.396 e. The fourth-order valence-electron chi connectivity index (χ4n) is 4.13. The zero-order valence-corrected chi connectivity index (χ0v) is 24.9. The van der Waals surface area contributed by atoms with Crippen molar-refractivity contribution in [2.75, 3.05) is 29.9 Å². The van der Waals surface area contributed by atoms with Gasteiger partial charge in [0.1, 0.15) is 11.0 Å². The molecule has 10 heteroatoms. The van der Waals surface area contributed by atoms with Crippen molar-refractivity contribution in [3.05, 3.63) is 99.9 Å². The van der Waals surface area contributed by atoms with Crippen molar-refractivity contribution in [2.45, 2.75) is 45.4 Å². The van der Waals surface area contributed by atoms with Gasteiger partial charge in [0.15, 0.2) is 0 Å². The molecule has 0 unspecified atom stereocenters. The Bertz CT molecular complexity index is 1270. The van der Waals surface area contributed by atoms with Gasteiger partial charge in [-0.05, 0) is 90.7 Å². The lowest BCUT2D eigenvalue weighted by atomic mass is 10.0. The smallest absolute Gasteiger partial charge is 0.224 e. The topological polar surface area (TPSA) is 87.1 Å². The second kappa shape index (κ2) is 17.7. The lowest BCUT2D eigenvalue weighted by molar-refractivity contribution is 0.287. The molecular formula is C30H35Cl3N6O. The summed E-state index contributed by atoms with van der Waals surface area (Å²) in [7, 11) is 0. The Morgan fingerprint density at radius 2 is 1.50 bits per heavy atom. The highest BCUT2D eigenvalue weighted by molar-refractivity contribution is 6.31. The zero-order chi connectivity index (χ0) is 28.6. The Morgan fingerprint density at radius 1 is 0.825 bits per heavy atom. The van der Waals surface area contributed by atoms with Gasteiger partial charge in [0, 0.05) is 43.5 Å². The lowest BCUT2D eigenvalue weighted by Gasteiger charge is -2.30. The van der Waals surface area contributed by atoms with Gasteiger partial charge in [-0.1, -0.05) is 61.3 Å². The Labute approximate surface area is 251 Å². The Kier molecular flexibility index (Phi) is 13.9. The predicted molar refractivity (Wildman–Crippen MR) is 166 cm³/mol. The van der Waals surface area contributed by atoms with Crippen LogP contribution in [0.4, 0.5) is 17.2 Å². The number of benzene rings is 2. The SMILES string of the molecule is CCCCO.Clc1ccnc(Cl)n1.Clc1nccc(N2CCCc3ccccc32)n1.c1ccc2c(c1)CCCN2. The third-order valence-corrected chi connectivity index (χ3v) is 6.63. The Morgan fingerprint density at radius 3 is 2.12 bits per heavy atom. The maximum absolute atomic E-state index is 8.07. The molecular weight excluding hydrogens is 567 g/mol. The monoisotopic (exact) mass is 600 g/mol. The maximum Gasteiger partial charge on any atom is 0.224 e. The summed E-state index contributed by atoms with van der Waals surface area (Å²) >= 11 is 16.6. The highest BCUT2D eigenvalue weighted by Gasteiger charge is 2.18. The third kappa shape index (κ3) is 10.5. The molecule has 6 rings (SSSR count). The van der Waals surface area contributed by atoms with Crippen LogP contribution in [0.15, 0.2) is 73.1 Å². The number of aromatic nitrogens is 4. The Balaban J connectivity index is 0.000000163. The fraction of sp³-hybridized carbons (Fsp3) is 0.333. The predicted octanol–water partition coefficient (Wildman–Crippen LogP) is 7.82. The standard InChI is InChI=1S/C13H12ClN3.C9H11N.C4H2Cl2N2.C4H10O/c14-13-15-8-7-12(16-13)17-9-3-5-10-4-1-2-6-11(10)17;1-2-6-9-8(4-1)5-3-7-10-9;5-3-1-2-7-4(6)8-3;1-2-3-4-5/h1-2,4,6-8H,3,5,9H2;1-2,4,6,10H,3,5,7H2;1-2H;5H,2-4H2,1H3. The van der Waals surface area contributed by atoms with Crippen molar-refractivity contribution in [3.63, 3.8) is 0 Å². The van der Waals surface area contributed by atoms with Gasteiger partial charge in [-0.2, -0.15) is 0 Å². The summed E-state index contributed by atoms with van der Waals surface area (Å²) in [5.74, 6) is 0.872. The first-order valence-electron chi connectivity index (χ1n) is 13.4. The van der Waals surface area contributed by atoms with Crippen molar-refractivity contribution in [1.29, 1.82) is 0 Å². The summed E-state index contributed by atoms with van der Waals surface area (Å²) in [4.78, 5) is 17.6. The molecule has 2 N–H and O–H groups in total. The number of hydrogen-bond donors (Lipinski definition) is 2.